The molecule has 0 aliphatic rings. The maximum Gasteiger partial charge on any atom is 0.200 e. The van der Waals surface area contributed by atoms with Gasteiger partial charge in [-0.15, -0.1) is 0 Å². The van der Waals surface area contributed by atoms with Crippen LogP contribution in [0.3, 0.4) is 0 Å². The molecule has 16 heavy (non-hydrogen) atoms. The monoisotopic (exact) mass is 217 g/mol. The third-order valence-electron chi connectivity index (χ3n) is 2.67. The summed E-state index contributed by atoms with van der Waals surface area (Å²) in [7, 11) is 0. The first-order valence-electron chi connectivity index (χ1n) is 5.12. The van der Waals surface area contributed by atoms with Gasteiger partial charge in [0.25, 0.3) is 0 Å². The quantitative estimate of drug-likeness (QED) is 0.561. The van der Waals surface area contributed by atoms with Gasteiger partial charge >= 0.3 is 0 Å². The normalized spacial score (nSPS) is 12.4. The van der Waals surface area contributed by atoms with E-state index in [1.165, 1.54) is 12.3 Å². The first kappa shape index (κ1) is 10.6. The van der Waals surface area contributed by atoms with Crippen molar-refractivity contribution >= 4 is 0 Å². The van der Waals surface area contributed by atoms with Crippen molar-refractivity contribution < 1.29 is 9.12 Å². The number of aromatic nitrogens is 1. The van der Waals surface area contributed by atoms with Gasteiger partial charge in [-0.25, -0.2) is 4.39 Å². The summed E-state index contributed by atoms with van der Waals surface area (Å²) in [5, 5.41) is 11.5. The molecule has 0 saturated heterocycles. The Labute approximate surface area is 93.6 Å². The number of rotatable bonds is 2. The molecule has 1 aromatic carbocycles. The summed E-state index contributed by atoms with van der Waals surface area (Å²) in [5.74, 6) is -0.529. The predicted octanol–water partition coefficient (Wildman–Crippen LogP) is 2.61. The molecule has 1 aromatic heterocycles. The molecule has 3 heteroatoms. The van der Waals surface area contributed by atoms with Gasteiger partial charge in [0, 0.05) is 17.7 Å². The Morgan fingerprint density at radius 2 is 1.81 bits per heavy atom. The molecule has 0 saturated carbocycles. The molecule has 1 atom stereocenters. The molecular formula is C13H12FNO. The minimum atomic E-state index is -0.279. The van der Waals surface area contributed by atoms with E-state index in [0.29, 0.717) is 11.3 Å². The van der Waals surface area contributed by atoms with Crippen molar-refractivity contribution in [1.29, 1.82) is 0 Å². The van der Waals surface area contributed by atoms with Gasteiger partial charge < -0.3 is 5.21 Å². The Bertz CT molecular complexity index is 453. The van der Waals surface area contributed by atoms with E-state index in [2.05, 4.69) is 0 Å². The minimum Gasteiger partial charge on any atom is -0.618 e. The minimum absolute atomic E-state index is 0.250. The largest absolute Gasteiger partial charge is 0.618 e. The van der Waals surface area contributed by atoms with Gasteiger partial charge in [0.15, 0.2) is 11.9 Å². The molecule has 0 amide bonds. The van der Waals surface area contributed by atoms with Crippen LogP contribution in [0.5, 0.6) is 0 Å². The van der Waals surface area contributed by atoms with Crippen molar-refractivity contribution in [2.24, 2.45) is 0 Å². The lowest BCUT2D eigenvalue weighted by Gasteiger charge is -2.12. The molecule has 0 radical (unpaired) electrons. The van der Waals surface area contributed by atoms with Gasteiger partial charge in [0.2, 0.25) is 0 Å². The highest BCUT2D eigenvalue weighted by molar-refractivity contribution is 5.27. The fourth-order valence-corrected chi connectivity index (χ4v) is 1.76. The zero-order valence-electron chi connectivity index (χ0n) is 8.93. The Hall–Kier alpha value is -1.90. The van der Waals surface area contributed by atoms with Crippen LogP contribution in [0.25, 0.3) is 0 Å². The Kier molecular flexibility index (Phi) is 2.86. The summed E-state index contributed by atoms with van der Waals surface area (Å²) in [6, 6.07) is 11.7. The molecule has 0 N–H and O–H groups in total. The van der Waals surface area contributed by atoms with Gasteiger partial charge in [0.05, 0.1) is 5.92 Å². The van der Waals surface area contributed by atoms with Crippen LogP contribution in [0, 0.1) is 11.0 Å². The summed E-state index contributed by atoms with van der Waals surface area (Å²) < 4.78 is 14.3. The van der Waals surface area contributed by atoms with Crippen LogP contribution in [0.15, 0.2) is 48.7 Å². The van der Waals surface area contributed by atoms with Crippen molar-refractivity contribution in [3.63, 3.8) is 0 Å². The Morgan fingerprint density at radius 1 is 1.12 bits per heavy atom. The number of hydrogen-bond donors (Lipinski definition) is 0. The smallest absolute Gasteiger partial charge is 0.200 e. The number of benzene rings is 1. The maximum absolute atomic E-state index is 13.5. The Morgan fingerprint density at radius 3 is 2.50 bits per heavy atom. The first-order chi connectivity index (χ1) is 7.70. The molecule has 2 rings (SSSR count). The fourth-order valence-electron chi connectivity index (χ4n) is 1.76. The summed E-state index contributed by atoms with van der Waals surface area (Å²) in [5.41, 5.74) is 1.09. The maximum atomic E-state index is 13.5. The molecule has 0 spiro atoms. The SMILES string of the molecule is CC(c1ccccc1F)c1cccc[n+]1[O-]. The van der Waals surface area contributed by atoms with E-state index < -0.39 is 0 Å². The standard InChI is InChI=1S/C13H12FNO/c1-10(11-6-2-3-7-12(11)14)13-8-4-5-9-15(13)16/h2-10H,1H3. The lowest BCUT2D eigenvalue weighted by atomic mass is 9.97. The molecular weight excluding hydrogens is 205 g/mol. The first-order valence-corrected chi connectivity index (χ1v) is 5.12. The second-order valence-corrected chi connectivity index (χ2v) is 3.69. The molecule has 1 heterocycles. The van der Waals surface area contributed by atoms with E-state index >= 15 is 0 Å². The van der Waals surface area contributed by atoms with Gasteiger partial charge in [-0.3, -0.25) is 0 Å². The lowest BCUT2D eigenvalue weighted by molar-refractivity contribution is -0.614. The molecule has 0 aliphatic heterocycles. The van der Waals surface area contributed by atoms with E-state index in [9.17, 15) is 9.60 Å². The van der Waals surface area contributed by atoms with Crippen LogP contribution >= 0.6 is 0 Å². The molecule has 0 fully saturated rings. The van der Waals surface area contributed by atoms with Gasteiger partial charge in [0.1, 0.15) is 5.82 Å². The average Bonchev–Trinajstić information content (AvgIpc) is 2.29. The third kappa shape index (κ3) is 1.89. The molecule has 0 aliphatic carbocycles. The fraction of sp³-hybridized carbons (Fsp3) is 0.154. The van der Waals surface area contributed by atoms with E-state index in [1.54, 1.807) is 36.4 Å². The molecule has 2 nitrogen and oxygen atoms in total. The highest BCUT2D eigenvalue weighted by atomic mass is 19.1. The average molecular weight is 217 g/mol. The highest BCUT2D eigenvalue weighted by Gasteiger charge is 2.18. The number of nitrogens with zero attached hydrogens (tertiary/aromatic N) is 1. The molecule has 0 bridgehead atoms. The van der Waals surface area contributed by atoms with Gasteiger partial charge in [-0.05, 0) is 19.1 Å². The third-order valence-corrected chi connectivity index (χ3v) is 2.67. The van der Waals surface area contributed by atoms with Crippen molar-refractivity contribution in [2.75, 3.05) is 0 Å². The van der Waals surface area contributed by atoms with Gasteiger partial charge in [-0.1, -0.05) is 18.2 Å². The van der Waals surface area contributed by atoms with E-state index in [4.69, 9.17) is 0 Å². The van der Waals surface area contributed by atoms with Crippen LogP contribution < -0.4 is 4.73 Å². The molecule has 82 valence electrons. The lowest BCUT2D eigenvalue weighted by Crippen LogP contribution is -2.32. The molecule has 2 aromatic rings. The van der Waals surface area contributed by atoms with Crippen molar-refractivity contribution in [2.45, 2.75) is 12.8 Å². The van der Waals surface area contributed by atoms with Crippen LogP contribution in [0.4, 0.5) is 4.39 Å². The zero-order chi connectivity index (χ0) is 11.5. The zero-order valence-corrected chi connectivity index (χ0v) is 8.93. The summed E-state index contributed by atoms with van der Waals surface area (Å²) in [6.07, 6.45) is 1.42. The highest BCUT2D eigenvalue weighted by Crippen LogP contribution is 2.23. The number of hydrogen-bond acceptors (Lipinski definition) is 1. The van der Waals surface area contributed by atoms with E-state index in [1.807, 2.05) is 6.92 Å². The second kappa shape index (κ2) is 4.31. The summed E-state index contributed by atoms with van der Waals surface area (Å²) in [6.45, 7) is 1.82. The number of pyridine rings is 1. The summed E-state index contributed by atoms with van der Waals surface area (Å²) in [4.78, 5) is 0. The topological polar surface area (TPSA) is 26.9 Å². The molecule has 1 unspecified atom stereocenters. The second-order valence-electron chi connectivity index (χ2n) is 3.69. The van der Waals surface area contributed by atoms with Crippen molar-refractivity contribution in [3.05, 3.63) is 70.9 Å². The van der Waals surface area contributed by atoms with Gasteiger partial charge in [-0.2, -0.15) is 4.73 Å². The predicted molar refractivity (Wildman–Crippen MR) is 59.3 cm³/mol. The van der Waals surface area contributed by atoms with Crippen LogP contribution in [0.1, 0.15) is 24.1 Å². The Balaban J connectivity index is 2.44. The van der Waals surface area contributed by atoms with E-state index in [0.717, 1.165) is 4.73 Å². The number of halogens is 1. The summed E-state index contributed by atoms with van der Waals surface area (Å²) >= 11 is 0. The van der Waals surface area contributed by atoms with Crippen molar-refractivity contribution in [1.82, 2.24) is 0 Å². The van der Waals surface area contributed by atoms with Crippen molar-refractivity contribution in [3.8, 4) is 0 Å². The van der Waals surface area contributed by atoms with Crippen LogP contribution in [0.2, 0.25) is 0 Å². The van der Waals surface area contributed by atoms with Crippen LogP contribution in [-0.4, -0.2) is 0 Å². The van der Waals surface area contributed by atoms with E-state index in [-0.39, 0.29) is 11.7 Å². The van der Waals surface area contributed by atoms with Crippen LogP contribution in [-0.2, 0) is 0 Å².